The van der Waals surface area contributed by atoms with Gasteiger partial charge in [0.15, 0.2) is 0 Å². The van der Waals surface area contributed by atoms with Gasteiger partial charge in [0.05, 0.1) is 5.02 Å². The number of amides is 1. The Balaban J connectivity index is 2.12. The molecule has 2 rings (SSSR count). The highest BCUT2D eigenvalue weighted by Crippen LogP contribution is 2.30. The van der Waals surface area contributed by atoms with Gasteiger partial charge in [-0.2, -0.15) is 0 Å². The summed E-state index contributed by atoms with van der Waals surface area (Å²) in [6.07, 6.45) is 3.34. The van der Waals surface area contributed by atoms with Crippen LogP contribution in [0.5, 0.6) is 0 Å². The normalized spacial score (nSPS) is 14.8. The van der Waals surface area contributed by atoms with Gasteiger partial charge in [-0.3, -0.25) is 4.79 Å². The molecule has 1 fully saturated rings. The molecule has 1 amide bonds. The topological polar surface area (TPSA) is 20.3 Å². The number of carbonyl (C=O) groups is 1. The van der Waals surface area contributed by atoms with E-state index in [2.05, 4.69) is 36.4 Å². The van der Waals surface area contributed by atoms with E-state index in [1.807, 2.05) is 17.0 Å². The fourth-order valence-electron chi connectivity index (χ4n) is 2.03. The van der Waals surface area contributed by atoms with Crippen LogP contribution in [0.4, 0.5) is 0 Å². The van der Waals surface area contributed by atoms with Crippen LogP contribution in [0.15, 0.2) is 18.2 Å². The number of benzene rings is 1. The summed E-state index contributed by atoms with van der Waals surface area (Å²) >= 11 is 8.28. The molecular formula is C15H19ClINO. The summed E-state index contributed by atoms with van der Waals surface area (Å²) in [6.45, 7) is 5.24. The van der Waals surface area contributed by atoms with E-state index in [0.717, 1.165) is 29.4 Å². The van der Waals surface area contributed by atoms with Crippen LogP contribution >= 0.6 is 34.2 Å². The van der Waals surface area contributed by atoms with Crippen molar-refractivity contribution in [2.24, 2.45) is 5.92 Å². The van der Waals surface area contributed by atoms with Gasteiger partial charge in [0, 0.05) is 21.7 Å². The van der Waals surface area contributed by atoms with Gasteiger partial charge in [0.25, 0.3) is 5.91 Å². The molecule has 0 spiro atoms. The van der Waals surface area contributed by atoms with Crippen LogP contribution in [0.2, 0.25) is 5.02 Å². The molecule has 1 aromatic carbocycles. The van der Waals surface area contributed by atoms with Crippen LogP contribution in [0, 0.1) is 9.49 Å². The first-order valence-corrected chi connectivity index (χ1v) is 8.20. The summed E-state index contributed by atoms with van der Waals surface area (Å²) in [7, 11) is 0. The highest BCUT2D eigenvalue weighted by molar-refractivity contribution is 14.1. The van der Waals surface area contributed by atoms with E-state index >= 15 is 0 Å². The predicted molar refractivity (Wildman–Crippen MR) is 87.7 cm³/mol. The largest absolute Gasteiger partial charge is 0.336 e. The lowest BCUT2D eigenvalue weighted by molar-refractivity contribution is 0.0735. The van der Waals surface area contributed by atoms with E-state index in [1.54, 1.807) is 6.07 Å². The Bertz CT molecular complexity index is 471. The lowest BCUT2D eigenvalue weighted by atomic mass is 10.1. The maximum absolute atomic E-state index is 12.6. The van der Waals surface area contributed by atoms with Crippen molar-refractivity contribution in [3.8, 4) is 0 Å². The van der Waals surface area contributed by atoms with Crippen LogP contribution in [0.1, 0.15) is 43.5 Å². The van der Waals surface area contributed by atoms with Crippen molar-refractivity contribution in [2.45, 2.75) is 39.2 Å². The highest BCUT2D eigenvalue weighted by atomic mass is 127. The second kappa shape index (κ2) is 6.44. The average Bonchev–Trinajstić information content (AvgIpc) is 3.16. The SMILES string of the molecule is CC(C)CCN(C(=O)c1ccc(I)c(Cl)c1)C1CC1. The molecule has 0 heterocycles. The van der Waals surface area contributed by atoms with Crippen molar-refractivity contribution >= 4 is 40.1 Å². The zero-order valence-electron chi connectivity index (χ0n) is 11.3. The summed E-state index contributed by atoms with van der Waals surface area (Å²) in [5.74, 6) is 0.746. The minimum Gasteiger partial charge on any atom is -0.336 e. The second-order valence-corrected chi connectivity index (χ2v) is 7.11. The first-order valence-electron chi connectivity index (χ1n) is 6.75. The molecule has 0 atom stereocenters. The maximum Gasteiger partial charge on any atom is 0.254 e. The summed E-state index contributed by atoms with van der Waals surface area (Å²) in [5, 5.41) is 0.658. The average molecular weight is 392 g/mol. The summed E-state index contributed by atoms with van der Waals surface area (Å²) in [4.78, 5) is 14.6. The molecule has 4 heteroatoms. The smallest absolute Gasteiger partial charge is 0.254 e. The number of hydrogen-bond donors (Lipinski definition) is 0. The van der Waals surface area contributed by atoms with Crippen LogP contribution in [-0.2, 0) is 0 Å². The van der Waals surface area contributed by atoms with Gasteiger partial charge >= 0.3 is 0 Å². The fraction of sp³-hybridized carbons (Fsp3) is 0.533. The first-order chi connectivity index (χ1) is 8.99. The molecule has 19 heavy (non-hydrogen) atoms. The number of nitrogens with zero attached hydrogens (tertiary/aromatic N) is 1. The molecule has 0 N–H and O–H groups in total. The minimum atomic E-state index is 0.126. The number of hydrogen-bond acceptors (Lipinski definition) is 1. The molecule has 104 valence electrons. The summed E-state index contributed by atoms with van der Waals surface area (Å²) in [5.41, 5.74) is 0.709. The first kappa shape index (κ1) is 15.1. The molecule has 0 radical (unpaired) electrons. The molecule has 0 saturated heterocycles. The Morgan fingerprint density at radius 1 is 1.47 bits per heavy atom. The quantitative estimate of drug-likeness (QED) is 0.672. The molecule has 1 aliphatic carbocycles. The molecule has 0 unspecified atom stereocenters. The van der Waals surface area contributed by atoms with Crippen LogP contribution < -0.4 is 0 Å². The Morgan fingerprint density at radius 2 is 2.16 bits per heavy atom. The fourth-order valence-corrected chi connectivity index (χ4v) is 2.54. The van der Waals surface area contributed by atoms with Crippen molar-refractivity contribution in [2.75, 3.05) is 6.54 Å². The van der Waals surface area contributed by atoms with Gasteiger partial charge < -0.3 is 4.90 Å². The molecule has 1 saturated carbocycles. The monoisotopic (exact) mass is 391 g/mol. The number of halogens is 2. The third-order valence-electron chi connectivity index (χ3n) is 3.36. The predicted octanol–water partition coefficient (Wildman–Crippen LogP) is 4.60. The van der Waals surface area contributed by atoms with E-state index in [-0.39, 0.29) is 5.91 Å². The lowest BCUT2D eigenvalue weighted by Crippen LogP contribution is -2.34. The van der Waals surface area contributed by atoms with E-state index < -0.39 is 0 Å². The van der Waals surface area contributed by atoms with Crippen LogP contribution in [0.3, 0.4) is 0 Å². The van der Waals surface area contributed by atoms with Crippen LogP contribution in [0.25, 0.3) is 0 Å². The minimum absolute atomic E-state index is 0.126. The van der Waals surface area contributed by atoms with Crippen molar-refractivity contribution in [3.63, 3.8) is 0 Å². The van der Waals surface area contributed by atoms with Crippen molar-refractivity contribution in [3.05, 3.63) is 32.4 Å². The molecular weight excluding hydrogens is 373 g/mol. The van der Waals surface area contributed by atoms with Gasteiger partial charge in [-0.05, 0) is 66.0 Å². The molecule has 1 aliphatic rings. The van der Waals surface area contributed by atoms with E-state index in [4.69, 9.17) is 11.6 Å². The number of carbonyl (C=O) groups excluding carboxylic acids is 1. The Hall–Kier alpha value is -0.290. The Kier molecular flexibility index (Phi) is 5.12. The van der Waals surface area contributed by atoms with Crippen LogP contribution in [-0.4, -0.2) is 23.4 Å². The van der Waals surface area contributed by atoms with Crippen molar-refractivity contribution < 1.29 is 4.79 Å². The van der Waals surface area contributed by atoms with Gasteiger partial charge in [-0.1, -0.05) is 25.4 Å². The molecule has 0 aromatic heterocycles. The third kappa shape index (κ3) is 4.09. The molecule has 1 aromatic rings. The van der Waals surface area contributed by atoms with E-state index in [0.29, 0.717) is 22.5 Å². The van der Waals surface area contributed by atoms with Gasteiger partial charge in [-0.25, -0.2) is 0 Å². The van der Waals surface area contributed by atoms with Gasteiger partial charge in [-0.15, -0.1) is 0 Å². The summed E-state index contributed by atoms with van der Waals surface area (Å²) < 4.78 is 0.982. The highest BCUT2D eigenvalue weighted by Gasteiger charge is 2.32. The maximum atomic E-state index is 12.6. The zero-order valence-corrected chi connectivity index (χ0v) is 14.2. The van der Waals surface area contributed by atoms with Gasteiger partial charge in [0.2, 0.25) is 0 Å². The third-order valence-corrected chi connectivity index (χ3v) is 4.93. The van der Waals surface area contributed by atoms with Crippen molar-refractivity contribution in [1.29, 1.82) is 0 Å². The molecule has 0 bridgehead atoms. The molecule has 0 aliphatic heterocycles. The lowest BCUT2D eigenvalue weighted by Gasteiger charge is -2.23. The summed E-state index contributed by atoms with van der Waals surface area (Å²) in [6, 6.07) is 6.02. The second-order valence-electron chi connectivity index (χ2n) is 5.54. The molecule has 2 nitrogen and oxygen atoms in total. The standard InChI is InChI=1S/C15H19ClINO/c1-10(2)7-8-18(12-4-5-12)15(19)11-3-6-14(17)13(16)9-11/h3,6,9-10,12H,4-5,7-8H2,1-2H3. The number of rotatable bonds is 5. The zero-order chi connectivity index (χ0) is 14.0. The van der Waals surface area contributed by atoms with E-state index in [9.17, 15) is 4.79 Å². The Labute approximate surface area is 133 Å². The van der Waals surface area contributed by atoms with Gasteiger partial charge in [0.1, 0.15) is 0 Å². The Morgan fingerprint density at radius 3 is 2.68 bits per heavy atom. The van der Waals surface area contributed by atoms with E-state index in [1.165, 1.54) is 0 Å². The van der Waals surface area contributed by atoms with Crippen molar-refractivity contribution in [1.82, 2.24) is 4.90 Å².